The number of hydrogen-bond acceptors (Lipinski definition) is 2. The molecule has 0 aliphatic carbocycles. The predicted octanol–water partition coefficient (Wildman–Crippen LogP) is 3.73. The van der Waals surface area contributed by atoms with Crippen LogP contribution >= 0.6 is 11.6 Å². The molecule has 0 aliphatic heterocycles. The third kappa shape index (κ3) is 2.35. The molecule has 0 N–H and O–H groups in total. The number of rotatable bonds is 2. The third-order valence-corrected chi connectivity index (χ3v) is 2.90. The minimum absolute atomic E-state index is 0.131. The van der Waals surface area contributed by atoms with Gasteiger partial charge in [-0.05, 0) is 11.6 Å². The second kappa shape index (κ2) is 4.82. The first-order chi connectivity index (χ1) is 9.24. The Morgan fingerprint density at radius 2 is 1.84 bits per heavy atom. The maximum Gasteiger partial charge on any atom is 0.189 e. The summed E-state index contributed by atoms with van der Waals surface area (Å²) in [6, 6.07) is 11.0. The molecule has 0 atom stereocenters. The highest BCUT2D eigenvalue weighted by Crippen LogP contribution is 2.20. The van der Waals surface area contributed by atoms with Crippen LogP contribution in [-0.2, 0) is 0 Å². The normalized spacial score (nSPS) is 10.6. The number of nitrogens with zero attached hydrogens (tertiary/aromatic N) is 3. The van der Waals surface area contributed by atoms with Crippen molar-refractivity contribution < 1.29 is 4.39 Å². The molecule has 0 spiro atoms. The largest absolute Gasteiger partial charge is 0.233 e. The van der Waals surface area contributed by atoms with Crippen molar-refractivity contribution in [2.24, 2.45) is 0 Å². The molecule has 0 amide bonds. The zero-order valence-corrected chi connectivity index (χ0v) is 10.5. The van der Waals surface area contributed by atoms with Gasteiger partial charge in [0.15, 0.2) is 11.6 Å². The Hall–Kier alpha value is -2.20. The van der Waals surface area contributed by atoms with E-state index in [0.717, 1.165) is 11.1 Å². The highest BCUT2D eigenvalue weighted by Gasteiger charge is 2.09. The molecule has 0 aliphatic rings. The van der Waals surface area contributed by atoms with Crippen molar-refractivity contribution in [3.8, 4) is 16.9 Å². The fourth-order valence-corrected chi connectivity index (χ4v) is 1.94. The SMILES string of the molecule is Fc1cc(Cl)cnc1-n1cc(-c2ccccc2)cn1. The highest BCUT2D eigenvalue weighted by atomic mass is 35.5. The fourth-order valence-electron chi connectivity index (χ4n) is 1.79. The average Bonchev–Trinajstić information content (AvgIpc) is 2.89. The zero-order chi connectivity index (χ0) is 13.2. The van der Waals surface area contributed by atoms with E-state index in [1.165, 1.54) is 16.9 Å². The molecule has 0 bridgehead atoms. The van der Waals surface area contributed by atoms with Crippen molar-refractivity contribution in [2.45, 2.75) is 0 Å². The summed E-state index contributed by atoms with van der Waals surface area (Å²) in [4.78, 5) is 3.95. The van der Waals surface area contributed by atoms with Crippen LogP contribution in [-0.4, -0.2) is 14.8 Å². The van der Waals surface area contributed by atoms with Crippen LogP contribution < -0.4 is 0 Å². The van der Waals surface area contributed by atoms with Crippen molar-refractivity contribution in [2.75, 3.05) is 0 Å². The molecular formula is C14H9ClFN3. The molecule has 19 heavy (non-hydrogen) atoms. The summed E-state index contributed by atoms with van der Waals surface area (Å²) in [5, 5.41) is 4.39. The number of halogens is 2. The van der Waals surface area contributed by atoms with Gasteiger partial charge < -0.3 is 0 Å². The van der Waals surface area contributed by atoms with Gasteiger partial charge in [-0.15, -0.1) is 0 Å². The van der Waals surface area contributed by atoms with E-state index in [1.807, 2.05) is 30.3 Å². The Bertz CT molecular complexity index is 710. The molecule has 0 unspecified atom stereocenters. The molecule has 2 aromatic heterocycles. The van der Waals surface area contributed by atoms with Gasteiger partial charge in [-0.3, -0.25) is 0 Å². The lowest BCUT2D eigenvalue weighted by Gasteiger charge is -2.01. The van der Waals surface area contributed by atoms with E-state index in [9.17, 15) is 4.39 Å². The number of hydrogen-bond donors (Lipinski definition) is 0. The smallest absolute Gasteiger partial charge is 0.189 e. The Morgan fingerprint density at radius 3 is 2.58 bits per heavy atom. The third-order valence-electron chi connectivity index (χ3n) is 2.70. The average molecular weight is 274 g/mol. The van der Waals surface area contributed by atoms with E-state index in [-0.39, 0.29) is 10.8 Å². The molecule has 0 fully saturated rings. The minimum Gasteiger partial charge on any atom is -0.233 e. The lowest BCUT2D eigenvalue weighted by Crippen LogP contribution is -2.00. The van der Waals surface area contributed by atoms with Gasteiger partial charge in [0.2, 0.25) is 0 Å². The molecule has 94 valence electrons. The van der Waals surface area contributed by atoms with Crippen molar-refractivity contribution in [3.63, 3.8) is 0 Å². The summed E-state index contributed by atoms with van der Waals surface area (Å²) in [7, 11) is 0. The first kappa shape index (κ1) is 11.9. The molecule has 0 radical (unpaired) electrons. The Labute approximate surface area is 114 Å². The number of benzene rings is 1. The summed E-state index contributed by atoms with van der Waals surface area (Å²) < 4.78 is 15.1. The minimum atomic E-state index is -0.504. The first-order valence-corrected chi connectivity index (χ1v) is 6.03. The van der Waals surface area contributed by atoms with Crippen LogP contribution in [0.15, 0.2) is 55.0 Å². The molecule has 3 rings (SSSR count). The van der Waals surface area contributed by atoms with Crippen LogP contribution in [0.4, 0.5) is 4.39 Å². The maximum absolute atomic E-state index is 13.7. The van der Waals surface area contributed by atoms with Gasteiger partial charge in [-0.1, -0.05) is 41.9 Å². The summed E-state index contributed by atoms with van der Waals surface area (Å²) in [6.07, 6.45) is 4.80. The van der Waals surface area contributed by atoms with E-state index in [0.29, 0.717) is 0 Å². The van der Waals surface area contributed by atoms with Crippen LogP contribution in [0.5, 0.6) is 0 Å². The number of aromatic nitrogens is 3. The standard InChI is InChI=1S/C14H9ClFN3/c15-12-6-13(16)14(17-8-12)19-9-11(7-18-19)10-4-2-1-3-5-10/h1-9H. The summed E-state index contributed by atoms with van der Waals surface area (Å²) in [5.41, 5.74) is 1.92. The molecule has 0 saturated carbocycles. The van der Waals surface area contributed by atoms with Crippen LogP contribution in [0, 0.1) is 5.82 Å². The van der Waals surface area contributed by atoms with Gasteiger partial charge in [0.1, 0.15) is 0 Å². The monoisotopic (exact) mass is 273 g/mol. The summed E-state index contributed by atoms with van der Waals surface area (Å²) in [5.74, 6) is -0.373. The molecule has 0 saturated heterocycles. The van der Waals surface area contributed by atoms with Gasteiger partial charge in [-0.25, -0.2) is 14.1 Å². The van der Waals surface area contributed by atoms with Crippen LogP contribution in [0.25, 0.3) is 16.9 Å². The topological polar surface area (TPSA) is 30.7 Å². The Balaban J connectivity index is 2.02. The lowest BCUT2D eigenvalue weighted by molar-refractivity contribution is 0.601. The molecule has 5 heteroatoms. The molecule has 1 aromatic carbocycles. The van der Waals surface area contributed by atoms with Crippen LogP contribution in [0.1, 0.15) is 0 Å². The summed E-state index contributed by atoms with van der Waals surface area (Å²) >= 11 is 5.67. The molecular weight excluding hydrogens is 265 g/mol. The van der Waals surface area contributed by atoms with E-state index in [1.54, 1.807) is 12.4 Å². The fraction of sp³-hybridized carbons (Fsp3) is 0. The summed E-state index contributed by atoms with van der Waals surface area (Å²) in [6.45, 7) is 0. The van der Waals surface area contributed by atoms with Crippen LogP contribution in [0.3, 0.4) is 0 Å². The van der Waals surface area contributed by atoms with E-state index in [4.69, 9.17) is 11.6 Å². The lowest BCUT2D eigenvalue weighted by atomic mass is 10.1. The molecule has 3 nitrogen and oxygen atoms in total. The second-order valence-electron chi connectivity index (χ2n) is 4.00. The van der Waals surface area contributed by atoms with Crippen molar-refractivity contribution in [1.82, 2.24) is 14.8 Å². The maximum atomic E-state index is 13.7. The van der Waals surface area contributed by atoms with Crippen molar-refractivity contribution in [3.05, 3.63) is 65.8 Å². The zero-order valence-electron chi connectivity index (χ0n) is 9.79. The quantitative estimate of drug-likeness (QED) is 0.712. The van der Waals surface area contributed by atoms with Gasteiger partial charge in [0.25, 0.3) is 0 Å². The van der Waals surface area contributed by atoms with Gasteiger partial charge in [-0.2, -0.15) is 5.10 Å². The number of pyridine rings is 1. The molecule has 2 heterocycles. The van der Waals surface area contributed by atoms with Gasteiger partial charge >= 0.3 is 0 Å². The Kier molecular flexibility index (Phi) is 3.01. The van der Waals surface area contributed by atoms with E-state index >= 15 is 0 Å². The highest BCUT2D eigenvalue weighted by molar-refractivity contribution is 6.30. The molecule has 3 aromatic rings. The van der Waals surface area contributed by atoms with Crippen LogP contribution in [0.2, 0.25) is 5.02 Å². The first-order valence-electron chi connectivity index (χ1n) is 5.65. The van der Waals surface area contributed by atoms with Gasteiger partial charge in [0.05, 0.1) is 11.2 Å². The predicted molar refractivity (Wildman–Crippen MR) is 71.8 cm³/mol. The van der Waals surface area contributed by atoms with Crippen molar-refractivity contribution in [1.29, 1.82) is 0 Å². The second-order valence-corrected chi connectivity index (χ2v) is 4.44. The van der Waals surface area contributed by atoms with Crippen molar-refractivity contribution >= 4 is 11.6 Å². The Morgan fingerprint density at radius 1 is 1.05 bits per heavy atom. The van der Waals surface area contributed by atoms with E-state index < -0.39 is 5.82 Å². The van der Waals surface area contributed by atoms with Gasteiger partial charge in [0, 0.05) is 18.0 Å². The van der Waals surface area contributed by atoms with E-state index in [2.05, 4.69) is 10.1 Å².